The van der Waals surface area contributed by atoms with Crippen molar-refractivity contribution in [1.29, 1.82) is 0 Å². The van der Waals surface area contributed by atoms with E-state index in [0.717, 1.165) is 43.3 Å². The third kappa shape index (κ3) is 3.48. The van der Waals surface area contributed by atoms with Crippen LogP contribution < -0.4 is 11.1 Å². The van der Waals surface area contributed by atoms with Crippen LogP contribution in [0.25, 0.3) is 0 Å². The molecule has 1 aromatic heterocycles. The molecule has 96 valence electrons. The van der Waals surface area contributed by atoms with Gasteiger partial charge >= 0.3 is 0 Å². The van der Waals surface area contributed by atoms with Crippen LogP contribution in [0.3, 0.4) is 0 Å². The molecule has 2 rings (SSSR count). The number of nitrogens with one attached hydrogen (secondary N) is 1. The molecule has 1 unspecified atom stereocenters. The van der Waals surface area contributed by atoms with Crippen molar-refractivity contribution in [2.24, 2.45) is 5.73 Å². The van der Waals surface area contributed by atoms with Gasteiger partial charge < -0.3 is 15.8 Å². The molecule has 0 radical (unpaired) electrons. The van der Waals surface area contributed by atoms with Crippen LogP contribution in [0, 0.1) is 6.92 Å². The highest BCUT2D eigenvalue weighted by atomic mass is 32.1. The van der Waals surface area contributed by atoms with E-state index in [1.165, 1.54) is 0 Å². The second-order valence-electron chi connectivity index (χ2n) is 4.90. The van der Waals surface area contributed by atoms with Crippen molar-refractivity contribution in [3.05, 3.63) is 16.1 Å². The Balaban J connectivity index is 1.85. The smallest absolute Gasteiger partial charge is 0.110 e. The molecule has 4 nitrogen and oxygen atoms in total. The molecule has 0 aliphatic carbocycles. The van der Waals surface area contributed by atoms with Gasteiger partial charge in [0.15, 0.2) is 0 Å². The molecule has 1 aliphatic rings. The largest absolute Gasteiger partial charge is 0.381 e. The number of thiazole rings is 1. The number of aromatic nitrogens is 1. The molecule has 3 N–H and O–H groups in total. The molecule has 1 aromatic rings. The number of nitrogens with two attached hydrogens (primary N) is 1. The molecule has 0 spiro atoms. The fraction of sp³-hybridized carbons (Fsp3) is 0.750. The summed E-state index contributed by atoms with van der Waals surface area (Å²) in [6.07, 6.45) is 1.87. The van der Waals surface area contributed by atoms with Crippen molar-refractivity contribution in [1.82, 2.24) is 10.3 Å². The van der Waals surface area contributed by atoms with Gasteiger partial charge in [-0.1, -0.05) is 0 Å². The summed E-state index contributed by atoms with van der Waals surface area (Å²) in [5, 5.41) is 6.71. The van der Waals surface area contributed by atoms with E-state index in [1.807, 2.05) is 6.92 Å². The van der Waals surface area contributed by atoms with E-state index in [2.05, 4.69) is 22.6 Å². The van der Waals surface area contributed by atoms with Gasteiger partial charge in [-0.25, -0.2) is 4.98 Å². The highest BCUT2D eigenvalue weighted by molar-refractivity contribution is 7.09. The van der Waals surface area contributed by atoms with E-state index >= 15 is 0 Å². The highest BCUT2D eigenvalue weighted by Gasteiger charge is 2.28. The Kier molecular flexibility index (Phi) is 4.14. The third-order valence-corrected chi connectivity index (χ3v) is 4.40. The van der Waals surface area contributed by atoms with Crippen LogP contribution in [-0.4, -0.2) is 30.3 Å². The summed E-state index contributed by atoms with van der Waals surface area (Å²) in [6.45, 7) is 6.55. The molecule has 0 aromatic carbocycles. The fourth-order valence-corrected chi connectivity index (χ4v) is 2.80. The zero-order valence-electron chi connectivity index (χ0n) is 10.5. The molecule has 5 heteroatoms. The molecule has 0 saturated carbocycles. The maximum atomic E-state index is 6.33. The molecular formula is C12H21N3OS. The van der Waals surface area contributed by atoms with Crippen LogP contribution in [0.1, 0.15) is 36.5 Å². The Bertz CT molecular complexity index is 360. The number of aryl methyl sites for hydroxylation is 1. The molecule has 1 aliphatic heterocycles. The van der Waals surface area contributed by atoms with Crippen molar-refractivity contribution < 1.29 is 4.74 Å². The number of rotatable bonds is 4. The Labute approximate surface area is 107 Å². The predicted molar refractivity (Wildman–Crippen MR) is 70.2 cm³/mol. The van der Waals surface area contributed by atoms with E-state index in [9.17, 15) is 0 Å². The van der Waals surface area contributed by atoms with Gasteiger partial charge in [-0.15, -0.1) is 11.3 Å². The SMILES string of the molecule is Cc1csc(C(C)NCC2(N)CCOCC2)n1. The minimum atomic E-state index is -0.112. The minimum absolute atomic E-state index is 0.112. The van der Waals surface area contributed by atoms with Crippen LogP contribution in [0.4, 0.5) is 0 Å². The molecule has 0 bridgehead atoms. The van der Waals surface area contributed by atoms with E-state index in [4.69, 9.17) is 10.5 Å². The maximum absolute atomic E-state index is 6.33. The summed E-state index contributed by atoms with van der Waals surface area (Å²) in [7, 11) is 0. The molecule has 2 heterocycles. The summed E-state index contributed by atoms with van der Waals surface area (Å²) in [6, 6.07) is 0.275. The average Bonchev–Trinajstić information content (AvgIpc) is 2.74. The van der Waals surface area contributed by atoms with Gasteiger partial charge in [0.05, 0.1) is 6.04 Å². The first-order valence-corrected chi connectivity index (χ1v) is 6.99. The topological polar surface area (TPSA) is 60.2 Å². The van der Waals surface area contributed by atoms with Crippen molar-refractivity contribution in [3.63, 3.8) is 0 Å². The van der Waals surface area contributed by atoms with Gasteiger partial charge in [-0.3, -0.25) is 0 Å². The van der Waals surface area contributed by atoms with E-state index < -0.39 is 0 Å². The Hall–Kier alpha value is -0.490. The van der Waals surface area contributed by atoms with Gasteiger partial charge in [-0.05, 0) is 26.7 Å². The summed E-state index contributed by atoms with van der Waals surface area (Å²) in [5.41, 5.74) is 7.31. The molecule has 1 fully saturated rings. The van der Waals surface area contributed by atoms with Crippen LogP contribution in [0.5, 0.6) is 0 Å². The number of nitrogens with zero attached hydrogens (tertiary/aromatic N) is 1. The molecule has 1 saturated heterocycles. The maximum Gasteiger partial charge on any atom is 0.110 e. The normalized spacial score (nSPS) is 21.4. The highest BCUT2D eigenvalue weighted by Crippen LogP contribution is 2.20. The zero-order chi connectivity index (χ0) is 12.3. The molecule has 0 amide bonds. The van der Waals surface area contributed by atoms with Gasteiger partial charge in [0.25, 0.3) is 0 Å². The van der Waals surface area contributed by atoms with Crippen LogP contribution in [0.15, 0.2) is 5.38 Å². The van der Waals surface area contributed by atoms with E-state index in [-0.39, 0.29) is 11.6 Å². The average molecular weight is 255 g/mol. The Morgan fingerprint density at radius 1 is 1.59 bits per heavy atom. The second kappa shape index (κ2) is 5.44. The molecular weight excluding hydrogens is 234 g/mol. The lowest BCUT2D eigenvalue weighted by Crippen LogP contribution is -2.52. The lowest BCUT2D eigenvalue weighted by molar-refractivity contribution is 0.0523. The summed E-state index contributed by atoms with van der Waals surface area (Å²) in [5.74, 6) is 0. The number of hydrogen-bond acceptors (Lipinski definition) is 5. The lowest BCUT2D eigenvalue weighted by Gasteiger charge is -2.34. The number of ether oxygens (including phenoxy) is 1. The first-order valence-electron chi connectivity index (χ1n) is 6.11. The zero-order valence-corrected chi connectivity index (χ0v) is 11.3. The van der Waals surface area contributed by atoms with Gasteiger partial charge in [-0.2, -0.15) is 0 Å². The van der Waals surface area contributed by atoms with Crippen molar-refractivity contribution in [2.45, 2.75) is 38.3 Å². The van der Waals surface area contributed by atoms with Gasteiger partial charge in [0.1, 0.15) is 5.01 Å². The molecule has 1 atom stereocenters. The van der Waals surface area contributed by atoms with Crippen LogP contribution in [0.2, 0.25) is 0 Å². The predicted octanol–water partition coefficient (Wildman–Crippen LogP) is 1.61. The van der Waals surface area contributed by atoms with Crippen LogP contribution >= 0.6 is 11.3 Å². The summed E-state index contributed by atoms with van der Waals surface area (Å²) < 4.78 is 5.34. The van der Waals surface area contributed by atoms with Gasteiger partial charge in [0, 0.05) is 36.4 Å². The quantitative estimate of drug-likeness (QED) is 0.858. The van der Waals surface area contributed by atoms with Crippen molar-refractivity contribution >= 4 is 11.3 Å². The summed E-state index contributed by atoms with van der Waals surface area (Å²) >= 11 is 1.70. The van der Waals surface area contributed by atoms with Gasteiger partial charge in [0.2, 0.25) is 0 Å². The van der Waals surface area contributed by atoms with Crippen molar-refractivity contribution in [2.75, 3.05) is 19.8 Å². The van der Waals surface area contributed by atoms with E-state index in [0.29, 0.717) is 0 Å². The molecule has 17 heavy (non-hydrogen) atoms. The Morgan fingerprint density at radius 3 is 2.88 bits per heavy atom. The summed E-state index contributed by atoms with van der Waals surface area (Å²) in [4.78, 5) is 4.49. The van der Waals surface area contributed by atoms with E-state index in [1.54, 1.807) is 11.3 Å². The fourth-order valence-electron chi connectivity index (χ4n) is 1.97. The lowest BCUT2D eigenvalue weighted by atomic mass is 9.91. The monoisotopic (exact) mass is 255 g/mol. The third-order valence-electron chi connectivity index (χ3n) is 3.26. The standard InChI is InChI=1S/C12H21N3OS/c1-9-7-17-11(15-9)10(2)14-8-12(13)3-5-16-6-4-12/h7,10,14H,3-6,8,13H2,1-2H3. The Morgan fingerprint density at radius 2 is 2.29 bits per heavy atom. The first kappa shape index (κ1) is 13.0. The second-order valence-corrected chi connectivity index (χ2v) is 5.79. The van der Waals surface area contributed by atoms with Crippen molar-refractivity contribution in [3.8, 4) is 0 Å². The van der Waals surface area contributed by atoms with Crippen LogP contribution in [-0.2, 0) is 4.74 Å². The minimum Gasteiger partial charge on any atom is -0.381 e. The first-order chi connectivity index (χ1) is 8.09. The number of hydrogen-bond donors (Lipinski definition) is 2.